The lowest BCUT2D eigenvalue weighted by Crippen LogP contribution is -2.43. The van der Waals surface area contributed by atoms with E-state index in [0.29, 0.717) is 4.88 Å². The molecule has 2 aliphatic rings. The van der Waals surface area contributed by atoms with Crippen LogP contribution in [0, 0.1) is 18.8 Å². The molecule has 0 radical (unpaired) electrons. The van der Waals surface area contributed by atoms with Crippen molar-refractivity contribution in [3.05, 3.63) is 47.0 Å². The van der Waals surface area contributed by atoms with Gasteiger partial charge in [0.05, 0.1) is 28.1 Å². The molecule has 176 valence electrons. The van der Waals surface area contributed by atoms with Crippen LogP contribution in [0.3, 0.4) is 0 Å². The maximum atomic E-state index is 12.6. The molecule has 2 fully saturated rings. The number of hydrogen-bond donors (Lipinski definition) is 2. The number of amides is 4. The second kappa shape index (κ2) is 9.02. The first-order valence-electron chi connectivity index (χ1n) is 11.4. The molecule has 2 N–H and O–H groups in total. The first-order valence-corrected chi connectivity index (χ1v) is 12.2. The van der Waals surface area contributed by atoms with E-state index in [1.54, 1.807) is 10.7 Å². The summed E-state index contributed by atoms with van der Waals surface area (Å²) in [6, 6.07) is 11.4. The van der Waals surface area contributed by atoms with Gasteiger partial charge >= 0.3 is 0 Å². The number of benzene rings is 1. The van der Waals surface area contributed by atoms with Crippen LogP contribution in [0.2, 0.25) is 0 Å². The Balaban J connectivity index is 1.19. The fourth-order valence-corrected chi connectivity index (χ4v) is 5.90. The third-order valence-corrected chi connectivity index (χ3v) is 7.69. The molecule has 1 aromatic carbocycles. The number of aromatic nitrogens is 2. The molecule has 0 spiro atoms. The van der Waals surface area contributed by atoms with Gasteiger partial charge in [-0.15, -0.1) is 11.3 Å². The van der Waals surface area contributed by atoms with Gasteiger partial charge in [0.2, 0.25) is 17.7 Å². The normalized spacial score (nSPS) is 20.0. The molecule has 1 saturated heterocycles. The molecule has 3 heterocycles. The average molecular weight is 480 g/mol. The zero-order valence-corrected chi connectivity index (χ0v) is 19.6. The van der Waals surface area contributed by atoms with E-state index >= 15 is 0 Å². The van der Waals surface area contributed by atoms with Gasteiger partial charge < -0.3 is 0 Å². The predicted octanol–water partition coefficient (Wildman–Crippen LogP) is 2.72. The summed E-state index contributed by atoms with van der Waals surface area (Å²) in [5, 5.41) is 5.43. The molecule has 2 aromatic heterocycles. The number of carbonyl (C=O) groups excluding carboxylic acids is 4. The molecule has 34 heavy (non-hydrogen) atoms. The molecule has 2 unspecified atom stereocenters. The number of thiophene rings is 1. The Hall–Kier alpha value is -3.53. The van der Waals surface area contributed by atoms with Gasteiger partial charge in [0.15, 0.2) is 0 Å². The Kier molecular flexibility index (Phi) is 5.91. The van der Waals surface area contributed by atoms with Crippen molar-refractivity contribution in [2.75, 3.05) is 6.54 Å². The van der Waals surface area contributed by atoms with E-state index in [2.05, 4.69) is 16.0 Å². The number of fused-ring (bicyclic) bond motifs is 2. The van der Waals surface area contributed by atoms with Crippen molar-refractivity contribution >= 4 is 45.2 Å². The minimum atomic E-state index is -0.462. The van der Waals surface area contributed by atoms with Gasteiger partial charge in [-0.2, -0.15) is 5.10 Å². The molecule has 1 saturated carbocycles. The van der Waals surface area contributed by atoms with E-state index < -0.39 is 11.8 Å². The van der Waals surface area contributed by atoms with Gasteiger partial charge in [0.1, 0.15) is 4.83 Å². The van der Waals surface area contributed by atoms with Crippen molar-refractivity contribution in [3.8, 4) is 5.69 Å². The largest absolute Gasteiger partial charge is 0.282 e. The molecule has 5 rings (SSSR count). The van der Waals surface area contributed by atoms with Crippen LogP contribution in [0.15, 0.2) is 36.4 Å². The number of hydrogen-bond acceptors (Lipinski definition) is 6. The average Bonchev–Trinajstić information content (AvgIpc) is 3.50. The van der Waals surface area contributed by atoms with E-state index in [1.165, 1.54) is 16.2 Å². The molecular weight excluding hydrogens is 454 g/mol. The summed E-state index contributed by atoms with van der Waals surface area (Å²) >= 11 is 1.28. The van der Waals surface area contributed by atoms with Crippen LogP contribution < -0.4 is 10.9 Å². The summed E-state index contributed by atoms with van der Waals surface area (Å²) in [6.45, 7) is 1.91. The molecule has 9 nitrogen and oxygen atoms in total. The van der Waals surface area contributed by atoms with E-state index in [0.717, 1.165) is 47.3 Å². The number of hydrazine groups is 1. The van der Waals surface area contributed by atoms with Crippen molar-refractivity contribution < 1.29 is 19.2 Å². The molecule has 3 aromatic rings. The van der Waals surface area contributed by atoms with Gasteiger partial charge in [-0.25, -0.2) is 4.68 Å². The Bertz CT molecular complexity index is 1260. The number of para-hydroxylation sites is 1. The minimum Gasteiger partial charge on any atom is -0.282 e. The van der Waals surface area contributed by atoms with Crippen molar-refractivity contribution in [1.82, 2.24) is 25.5 Å². The fourth-order valence-electron chi connectivity index (χ4n) is 4.82. The summed E-state index contributed by atoms with van der Waals surface area (Å²) in [5.74, 6) is -1.69. The highest BCUT2D eigenvalue weighted by Crippen LogP contribution is 2.38. The third-order valence-electron chi connectivity index (χ3n) is 6.58. The topological polar surface area (TPSA) is 113 Å². The number of rotatable bonds is 5. The first kappa shape index (κ1) is 22.3. The molecule has 0 bridgehead atoms. The number of nitrogens with one attached hydrogen (secondary N) is 2. The van der Waals surface area contributed by atoms with E-state index in [-0.39, 0.29) is 36.6 Å². The maximum Gasteiger partial charge on any atom is 0.279 e. The van der Waals surface area contributed by atoms with Crippen LogP contribution in [-0.2, 0) is 14.4 Å². The highest BCUT2D eigenvalue weighted by Gasteiger charge is 2.47. The zero-order valence-electron chi connectivity index (χ0n) is 18.7. The van der Waals surface area contributed by atoms with Gasteiger partial charge in [0, 0.05) is 18.4 Å². The summed E-state index contributed by atoms with van der Waals surface area (Å²) in [5.41, 5.74) is 6.52. The standard InChI is InChI=1S/C24H25N5O4S/c1-14-18-13-19(34-24(18)29(27-14)15-7-3-2-4-8-15)21(31)26-25-20(30)11-12-28-22(32)16-9-5-6-10-17(16)23(28)33/h2-4,7-8,13,16-17H,5-6,9-12H2,1H3,(H,25,30)(H,26,31). The van der Waals surface area contributed by atoms with Gasteiger partial charge in [-0.1, -0.05) is 31.0 Å². The maximum absolute atomic E-state index is 12.6. The highest BCUT2D eigenvalue weighted by atomic mass is 32.1. The number of nitrogens with zero attached hydrogens (tertiary/aromatic N) is 3. The lowest BCUT2D eigenvalue weighted by molar-refractivity contribution is -0.140. The first-order chi connectivity index (χ1) is 16.4. The summed E-state index contributed by atoms with van der Waals surface area (Å²) in [6.07, 6.45) is 3.34. The van der Waals surface area contributed by atoms with Crippen LogP contribution in [-0.4, -0.2) is 44.9 Å². The Morgan fingerprint density at radius 2 is 1.74 bits per heavy atom. The number of likely N-dealkylation sites (tertiary alicyclic amines) is 1. The predicted molar refractivity (Wildman–Crippen MR) is 126 cm³/mol. The Labute approximate surface area is 200 Å². The van der Waals surface area contributed by atoms with E-state index in [9.17, 15) is 19.2 Å². The fraction of sp³-hybridized carbons (Fsp3) is 0.375. The SMILES string of the molecule is Cc1nn(-c2ccccc2)c2sc(C(=O)NNC(=O)CCN3C(=O)C4CCCCC4C3=O)cc12. The van der Waals surface area contributed by atoms with Gasteiger partial charge in [-0.05, 0) is 38.0 Å². The Morgan fingerprint density at radius 3 is 2.41 bits per heavy atom. The zero-order chi connectivity index (χ0) is 23.8. The van der Waals surface area contributed by atoms with Crippen LogP contribution in [0.1, 0.15) is 47.5 Å². The molecule has 1 aliphatic heterocycles. The quantitative estimate of drug-likeness (QED) is 0.432. The van der Waals surface area contributed by atoms with Gasteiger partial charge in [-0.3, -0.25) is 34.9 Å². The second-order valence-electron chi connectivity index (χ2n) is 8.74. The minimum absolute atomic E-state index is 0.0291. The molecule has 2 atom stereocenters. The molecule has 1 aliphatic carbocycles. The lowest BCUT2D eigenvalue weighted by Gasteiger charge is -2.19. The third kappa shape index (κ3) is 3.98. The van der Waals surface area contributed by atoms with E-state index in [4.69, 9.17) is 0 Å². The van der Waals surface area contributed by atoms with Crippen molar-refractivity contribution in [2.45, 2.75) is 39.0 Å². The lowest BCUT2D eigenvalue weighted by atomic mass is 9.81. The monoisotopic (exact) mass is 479 g/mol. The van der Waals surface area contributed by atoms with Crippen LogP contribution in [0.5, 0.6) is 0 Å². The molecule has 4 amide bonds. The van der Waals surface area contributed by atoms with Crippen LogP contribution in [0.25, 0.3) is 15.9 Å². The van der Waals surface area contributed by atoms with Crippen molar-refractivity contribution in [1.29, 1.82) is 0 Å². The Morgan fingerprint density at radius 1 is 1.06 bits per heavy atom. The molecular formula is C24H25N5O4S. The van der Waals surface area contributed by atoms with Crippen LogP contribution >= 0.6 is 11.3 Å². The van der Waals surface area contributed by atoms with E-state index in [1.807, 2.05) is 37.3 Å². The summed E-state index contributed by atoms with van der Waals surface area (Å²) in [7, 11) is 0. The van der Waals surface area contributed by atoms with Crippen molar-refractivity contribution in [3.63, 3.8) is 0 Å². The smallest absolute Gasteiger partial charge is 0.279 e. The number of aryl methyl sites for hydroxylation is 1. The second-order valence-corrected chi connectivity index (χ2v) is 9.77. The summed E-state index contributed by atoms with van der Waals surface area (Å²) in [4.78, 5) is 52.5. The number of carbonyl (C=O) groups is 4. The van der Waals surface area contributed by atoms with Crippen molar-refractivity contribution in [2.24, 2.45) is 11.8 Å². The molecule has 10 heteroatoms. The summed E-state index contributed by atoms with van der Waals surface area (Å²) < 4.78 is 1.80. The highest BCUT2D eigenvalue weighted by molar-refractivity contribution is 7.20. The van der Waals surface area contributed by atoms with Gasteiger partial charge in [0.25, 0.3) is 5.91 Å². The van der Waals surface area contributed by atoms with Crippen LogP contribution in [0.4, 0.5) is 0 Å². The number of imide groups is 1.